The number of rotatable bonds is 13. The van der Waals surface area contributed by atoms with Crippen LogP contribution in [0.25, 0.3) is 0 Å². The van der Waals surface area contributed by atoms with E-state index in [1.165, 1.54) is 31.2 Å². The highest BCUT2D eigenvalue weighted by atomic mass is 16.5. The zero-order valence-corrected chi connectivity index (χ0v) is 22.5. The largest absolute Gasteiger partial charge is 0.491 e. The van der Waals surface area contributed by atoms with Crippen LogP contribution in [0, 0.1) is 0 Å². The normalized spacial score (nSPS) is 12.9. The maximum Gasteiger partial charge on any atom is 0.333 e. The molecule has 214 valence electrons. The van der Waals surface area contributed by atoms with Gasteiger partial charge in [0.25, 0.3) is 0 Å². The quantitative estimate of drug-likeness (QED) is 0.0699. The number of carboxylic acids is 1. The highest BCUT2D eigenvalue weighted by Gasteiger charge is 2.20. The number of carboxylic acid groups (broad SMARTS) is 1. The number of hydrogen-bond donors (Lipinski definition) is 4. The van der Waals surface area contributed by atoms with E-state index in [0.29, 0.717) is 29.7 Å². The SMILES string of the molecule is C=C(C)C(=O)OCc1cc(OCCC2=CC=CC(=O)C2=O)c(/N=N\c2ccc(CC(=O)O)c(N)c2N)cc1CCN. The maximum atomic E-state index is 12.1. The molecule has 12 nitrogen and oxygen atoms in total. The number of ketones is 2. The fraction of sp³-hybridized carbons (Fsp3) is 0.241. The lowest BCUT2D eigenvalue weighted by atomic mass is 10.00. The second-order valence-electron chi connectivity index (χ2n) is 9.17. The first-order valence-corrected chi connectivity index (χ1v) is 12.6. The molecule has 0 aliphatic heterocycles. The van der Waals surface area contributed by atoms with E-state index in [1.54, 1.807) is 18.2 Å². The topological polar surface area (TPSA) is 210 Å². The van der Waals surface area contributed by atoms with Gasteiger partial charge in [0, 0.05) is 17.6 Å². The molecule has 0 aromatic heterocycles. The number of azo groups is 1. The number of carbonyl (C=O) groups excluding carboxylic acids is 3. The van der Waals surface area contributed by atoms with Crippen molar-refractivity contribution >= 4 is 46.3 Å². The van der Waals surface area contributed by atoms with Gasteiger partial charge in [-0.3, -0.25) is 14.4 Å². The molecule has 0 bridgehead atoms. The molecule has 0 fully saturated rings. The monoisotopic (exact) mass is 561 g/mol. The summed E-state index contributed by atoms with van der Waals surface area (Å²) < 4.78 is 11.3. The minimum Gasteiger partial charge on any atom is -0.491 e. The molecule has 7 N–H and O–H groups in total. The zero-order valence-electron chi connectivity index (χ0n) is 22.5. The first kappa shape index (κ1) is 30.4. The molecule has 0 heterocycles. The van der Waals surface area contributed by atoms with Gasteiger partial charge in [0.1, 0.15) is 23.7 Å². The molecule has 12 heteroatoms. The summed E-state index contributed by atoms with van der Waals surface area (Å²) in [6.45, 7) is 5.37. The van der Waals surface area contributed by atoms with Crippen molar-refractivity contribution < 1.29 is 33.8 Å². The average molecular weight is 562 g/mol. The van der Waals surface area contributed by atoms with E-state index in [0.717, 1.165) is 5.56 Å². The van der Waals surface area contributed by atoms with Crippen LogP contribution in [0.2, 0.25) is 0 Å². The predicted molar refractivity (Wildman–Crippen MR) is 152 cm³/mol. The van der Waals surface area contributed by atoms with Gasteiger partial charge in [0.2, 0.25) is 11.6 Å². The summed E-state index contributed by atoms with van der Waals surface area (Å²) >= 11 is 0. The van der Waals surface area contributed by atoms with Crippen LogP contribution < -0.4 is 21.9 Å². The number of hydrogen-bond acceptors (Lipinski definition) is 11. The molecule has 0 unspecified atom stereocenters. The fourth-order valence-corrected chi connectivity index (χ4v) is 3.85. The molecule has 0 amide bonds. The molecule has 0 atom stereocenters. The van der Waals surface area contributed by atoms with Gasteiger partial charge in [-0.25, -0.2) is 4.79 Å². The molecule has 1 aliphatic rings. The maximum absolute atomic E-state index is 12.1. The molecular formula is C29H31N5O7. The minimum absolute atomic E-state index is 0.0292. The zero-order chi connectivity index (χ0) is 30.1. The number of carbonyl (C=O) groups is 4. The summed E-state index contributed by atoms with van der Waals surface area (Å²) in [7, 11) is 0. The standard InChI is InChI=1S/C29H31N5O7/c1-16(2)29(39)41-15-20-13-24(40-11-9-17-4-3-5-23(35)28(17)38)22(12-18(20)8-10-30)34-33-21-7-6-19(14-25(36)37)26(31)27(21)32/h3-7,12-13H,1,8-11,14-15,30-32H2,2H3,(H,36,37)/b34-33-. The Morgan fingerprint density at radius 2 is 1.73 bits per heavy atom. The van der Waals surface area contributed by atoms with E-state index in [-0.39, 0.29) is 60.1 Å². The first-order valence-electron chi connectivity index (χ1n) is 12.6. The number of nitrogens with zero attached hydrogens (tertiary/aromatic N) is 2. The third-order valence-electron chi connectivity index (χ3n) is 6.05. The average Bonchev–Trinajstić information content (AvgIpc) is 2.92. The van der Waals surface area contributed by atoms with Crippen LogP contribution in [0.15, 0.2) is 70.4 Å². The Labute approximate surface area is 236 Å². The second kappa shape index (κ2) is 13.8. The number of ether oxygens (including phenoxy) is 2. The molecule has 2 aromatic carbocycles. The van der Waals surface area contributed by atoms with Crippen molar-refractivity contribution in [2.24, 2.45) is 16.0 Å². The van der Waals surface area contributed by atoms with Crippen LogP contribution in [0.1, 0.15) is 30.0 Å². The number of aliphatic carboxylic acids is 1. The summed E-state index contributed by atoms with van der Waals surface area (Å²) in [5.41, 5.74) is 20.8. The lowest BCUT2D eigenvalue weighted by Gasteiger charge is -2.16. The van der Waals surface area contributed by atoms with Crippen molar-refractivity contribution in [1.29, 1.82) is 0 Å². The van der Waals surface area contributed by atoms with Crippen LogP contribution in [0.4, 0.5) is 22.7 Å². The highest BCUT2D eigenvalue weighted by Crippen LogP contribution is 2.36. The van der Waals surface area contributed by atoms with Crippen molar-refractivity contribution in [2.45, 2.75) is 32.8 Å². The Morgan fingerprint density at radius 1 is 1.00 bits per heavy atom. The van der Waals surface area contributed by atoms with Crippen molar-refractivity contribution in [3.8, 4) is 5.75 Å². The van der Waals surface area contributed by atoms with Crippen LogP contribution in [0.3, 0.4) is 0 Å². The van der Waals surface area contributed by atoms with E-state index in [1.807, 2.05) is 0 Å². The van der Waals surface area contributed by atoms with Crippen LogP contribution in [0.5, 0.6) is 5.75 Å². The minimum atomic E-state index is -1.06. The smallest absolute Gasteiger partial charge is 0.333 e. The lowest BCUT2D eigenvalue weighted by Crippen LogP contribution is -2.18. The molecular weight excluding hydrogens is 530 g/mol. The summed E-state index contributed by atoms with van der Waals surface area (Å²) in [6, 6.07) is 6.34. The van der Waals surface area contributed by atoms with Crippen LogP contribution >= 0.6 is 0 Å². The van der Waals surface area contributed by atoms with E-state index in [2.05, 4.69) is 16.8 Å². The summed E-state index contributed by atoms with van der Waals surface area (Å²) in [5.74, 6) is -2.55. The van der Waals surface area contributed by atoms with Crippen LogP contribution in [-0.2, 0) is 43.4 Å². The molecule has 3 rings (SSSR count). The Kier molecular flexibility index (Phi) is 10.3. The third-order valence-corrected chi connectivity index (χ3v) is 6.05. The second-order valence-corrected chi connectivity index (χ2v) is 9.17. The predicted octanol–water partition coefficient (Wildman–Crippen LogP) is 3.42. The van der Waals surface area contributed by atoms with Crippen LogP contribution in [-0.4, -0.2) is 41.8 Å². The number of nitrogen functional groups attached to an aromatic ring is 2. The van der Waals surface area contributed by atoms with Crippen molar-refractivity contribution in [1.82, 2.24) is 0 Å². The number of nitrogens with two attached hydrogens (primary N) is 3. The Hall–Kier alpha value is -5.10. The Bertz CT molecular complexity index is 1490. The third kappa shape index (κ3) is 7.96. The van der Waals surface area contributed by atoms with Gasteiger partial charge in [-0.05, 0) is 60.9 Å². The molecule has 41 heavy (non-hydrogen) atoms. The number of esters is 1. The van der Waals surface area contributed by atoms with Gasteiger partial charge < -0.3 is 31.8 Å². The summed E-state index contributed by atoms with van der Waals surface area (Å²) in [6.07, 6.45) is 4.55. The van der Waals surface area contributed by atoms with E-state index < -0.39 is 23.5 Å². The van der Waals surface area contributed by atoms with E-state index in [4.69, 9.17) is 31.8 Å². The molecule has 0 spiro atoms. The number of allylic oxidation sites excluding steroid dienone is 3. The van der Waals surface area contributed by atoms with Gasteiger partial charge in [-0.2, -0.15) is 0 Å². The van der Waals surface area contributed by atoms with Crippen molar-refractivity contribution in [3.63, 3.8) is 0 Å². The van der Waals surface area contributed by atoms with Gasteiger partial charge >= 0.3 is 11.9 Å². The van der Waals surface area contributed by atoms with Gasteiger partial charge in [0.05, 0.1) is 24.4 Å². The lowest BCUT2D eigenvalue weighted by molar-refractivity contribution is -0.140. The molecule has 0 saturated carbocycles. The number of Topliss-reactive ketones (excluding diaryl/α,β-unsaturated/α-hetero) is 1. The van der Waals surface area contributed by atoms with E-state index >= 15 is 0 Å². The van der Waals surface area contributed by atoms with E-state index in [9.17, 15) is 19.2 Å². The molecule has 0 radical (unpaired) electrons. The first-order chi connectivity index (χ1) is 19.5. The van der Waals surface area contributed by atoms with Gasteiger partial charge in [-0.1, -0.05) is 24.8 Å². The van der Waals surface area contributed by atoms with Crippen molar-refractivity contribution in [2.75, 3.05) is 24.6 Å². The number of anilines is 2. The highest BCUT2D eigenvalue weighted by molar-refractivity contribution is 6.48. The summed E-state index contributed by atoms with van der Waals surface area (Å²) in [5, 5.41) is 17.6. The van der Waals surface area contributed by atoms with Gasteiger partial charge in [0.15, 0.2) is 0 Å². The Balaban J connectivity index is 1.96. The Morgan fingerprint density at radius 3 is 2.41 bits per heavy atom. The summed E-state index contributed by atoms with van der Waals surface area (Å²) in [4.78, 5) is 46.9. The van der Waals surface area contributed by atoms with Gasteiger partial charge in [-0.15, -0.1) is 10.2 Å². The van der Waals surface area contributed by atoms with Crippen molar-refractivity contribution in [3.05, 3.63) is 76.9 Å². The molecule has 2 aromatic rings. The fourth-order valence-electron chi connectivity index (χ4n) is 3.85. The molecule has 0 saturated heterocycles. The molecule has 1 aliphatic carbocycles. The number of benzene rings is 2.